The number of hydrogen-bond donors (Lipinski definition) is 1. The van der Waals surface area contributed by atoms with Crippen molar-refractivity contribution in [3.63, 3.8) is 0 Å². The number of carbonyl (C=O) groups excluding carboxylic acids is 2. The number of likely N-dealkylation sites (tertiary alicyclic amines) is 1. The third kappa shape index (κ3) is 4.53. The van der Waals surface area contributed by atoms with Crippen LogP contribution in [0.15, 0.2) is 5.38 Å². The van der Waals surface area contributed by atoms with E-state index in [9.17, 15) is 9.59 Å². The highest BCUT2D eigenvalue weighted by atomic mass is 32.1. The highest BCUT2D eigenvalue weighted by Crippen LogP contribution is 2.32. The van der Waals surface area contributed by atoms with Crippen molar-refractivity contribution >= 4 is 23.2 Å². The van der Waals surface area contributed by atoms with Crippen molar-refractivity contribution in [2.45, 2.75) is 45.4 Å². The Labute approximate surface area is 141 Å². The van der Waals surface area contributed by atoms with Gasteiger partial charge in [-0.25, -0.2) is 4.98 Å². The van der Waals surface area contributed by atoms with Gasteiger partial charge in [0.1, 0.15) is 0 Å². The molecular formula is C17H25N3O2S. The highest BCUT2D eigenvalue weighted by Gasteiger charge is 2.35. The van der Waals surface area contributed by atoms with E-state index in [2.05, 4.69) is 15.7 Å². The molecule has 2 fully saturated rings. The zero-order chi connectivity index (χ0) is 16.2. The summed E-state index contributed by atoms with van der Waals surface area (Å²) in [6.45, 7) is 4.19. The molecule has 23 heavy (non-hydrogen) atoms. The molecule has 0 atom stereocenters. The van der Waals surface area contributed by atoms with Gasteiger partial charge in [-0.05, 0) is 39.0 Å². The number of nitrogens with one attached hydrogen (secondary N) is 1. The summed E-state index contributed by atoms with van der Waals surface area (Å²) in [5, 5.41) is 6.25. The molecule has 1 aromatic heterocycles. The molecule has 0 radical (unpaired) electrons. The van der Waals surface area contributed by atoms with Gasteiger partial charge in [-0.2, -0.15) is 0 Å². The molecule has 0 bridgehead atoms. The van der Waals surface area contributed by atoms with Crippen LogP contribution < -0.4 is 5.32 Å². The first-order valence-corrected chi connectivity index (χ1v) is 9.49. The molecule has 1 aliphatic carbocycles. The minimum Gasteiger partial charge on any atom is -0.356 e. The molecule has 3 rings (SSSR count). The Balaban J connectivity index is 1.32. The second-order valence-electron chi connectivity index (χ2n) is 6.65. The van der Waals surface area contributed by atoms with Crippen molar-refractivity contribution in [3.8, 4) is 0 Å². The van der Waals surface area contributed by atoms with Crippen molar-refractivity contribution in [3.05, 3.63) is 16.1 Å². The molecule has 0 aromatic carbocycles. The number of hydrogen-bond acceptors (Lipinski definition) is 4. The number of rotatable bonds is 6. The number of nitrogens with zero attached hydrogens (tertiary/aromatic N) is 2. The lowest BCUT2D eigenvalue weighted by atomic mass is 9.95. The summed E-state index contributed by atoms with van der Waals surface area (Å²) in [6, 6.07) is 0. The smallest absolute Gasteiger partial charge is 0.225 e. The lowest BCUT2D eigenvalue weighted by molar-refractivity contribution is -0.136. The maximum Gasteiger partial charge on any atom is 0.225 e. The second kappa shape index (κ2) is 7.43. The third-order valence-electron chi connectivity index (χ3n) is 4.64. The fourth-order valence-corrected chi connectivity index (χ4v) is 3.88. The molecule has 126 valence electrons. The summed E-state index contributed by atoms with van der Waals surface area (Å²) in [7, 11) is 0. The minimum atomic E-state index is 0.0698. The molecule has 6 heteroatoms. The van der Waals surface area contributed by atoms with Crippen LogP contribution in [0.4, 0.5) is 0 Å². The Morgan fingerprint density at radius 1 is 1.26 bits per heavy atom. The van der Waals surface area contributed by atoms with Crippen LogP contribution in [-0.4, -0.2) is 41.3 Å². The van der Waals surface area contributed by atoms with E-state index < -0.39 is 0 Å². The summed E-state index contributed by atoms with van der Waals surface area (Å²) in [5.41, 5.74) is 1.07. The van der Waals surface area contributed by atoms with Crippen molar-refractivity contribution in [1.29, 1.82) is 0 Å². The van der Waals surface area contributed by atoms with Crippen LogP contribution in [0.5, 0.6) is 0 Å². The molecule has 1 saturated carbocycles. The summed E-state index contributed by atoms with van der Waals surface area (Å²) in [5.74, 6) is 0.816. The highest BCUT2D eigenvalue weighted by molar-refractivity contribution is 7.09. The molecule has 0 spiro atoms. The SMILES string of the molecule is Cc1csc(CCCNC(=O)C2CCN(C(=O)C3CC3)CC2)n1. The number of piperidine rings is 1. The summed E-state index contributed by atoms with van der Waals surface area (Å²) in [4.78, 5) is 30.6. The standard InChI is InChI=1S/C17H25N3O2S/c1-12-11-23-15(19-12)3-2-8-18-16(21)13-6-9-20(10-7-13)17(22)14-4-5-14/h11,13-14H,2-10H2,1H3,(H,18,21). The van der Waals surface area contributed by atoms with Crippen LogP contribution >= 0.6 is 11.3 Å². The summed E-state index contributed by atoms with van der Waals surface area (Å²) < 4.78 is 0. The van der Waals surface area contributed by atoms with E-state index in [-0.39, 0.29) is 17.7 Å². The van der Waals surface area contributed by atoms with Crippen LogP contribution in [0.1, 0.15) is 42.8 Å². The Kier molecular flexibility index (Phi) is 5.30. The van der Waals surface area contributed by atoms with Gasteiger partial charge in [0, 0.05) is 49.0 Å². The first kappa shape index (κ1) is 16.4. The fourth-order valence-electron chi connectivity index (χ4n) is 3.06. The van der Waals surface area contributed by atoms with E-state index in [1.807, 2.05) is 11.8 Å². The number of thiazole rings is 1. The topological polar surface area (TPSA) is 62.3 Å². The maximum atomic E-state index is 12.2. The Bertz CT molecular complexity index is 560. The average molecular weight is 335 g/mol. The third-order valence-corrected chi connectivity index (χ3v) is 5.66. The van der Waals surface area contributed by atoms with Crippen molar-refractivity contribution in [1.82, 2.24) is 15.2 Å². The second-order valence-corrected chi connectivity index (χ2v) is 7.59. The van der Waals surface area contributed by atoms with Gasteiger partial charge in [0.25, 0.3) is 0 Å². The van der Waals surface area contributed by atoms with E-state index >= 15 is 0 Å². The number of aromatic nitrogens is 1. The van der Waals surface area contributed by atoms with Crippen LogP contribution in [0.25, 0.3) is 0 Å². The summed E-state index contributed by atoms with van der Waals surface area (Å²) in [6.07, 6.45) is 5.56. The Morgan fingerprint density at radius 2 is 2.00 bits per heavy atom. The van der Waals surface area contributed by atoms with Gasteiger partial charge in [-0.3, -0.25) is 9.59 Å². The quantitative estimate of drug-likeness (QED) is 0.810. The lowest BCUT2D eigenvalue weighted by Gasteiger charge is -2.31. The largest absolute Gasteiger partial charge is 0.356 e. The van der Waals surface area contributed by atoms with Gasteiger partial charge in [-0.15, -0.1) is 11.3 Å². The monoisotopic (exact) mass is 335 g/mol. The molecule has 1 saturated heterocycles. The van der Waals surface area contributed by atoms with Gasteiger partial charge < -0.3 is 10.2 Å². The van der Waals surface area contributed by atoms with E-state index in [0.717, 1.165) is 62.3 Å². The van der Waals surface area contributed by atoms with Gasteiger partial charge in [-0.1, -0.05) is 0 Å². The molecule has 2 aliphatic rings. The normalized spacial score (nSPS) is 18.9. The minimum absolute atomic E-state index is 0.0698. The first-order valence-electron chi connectivity index (χ1n) is 8.61. The van der Waals surface area contributed by atoms with Crippen molar-refractivity contribution in [2.75, 3.05) is 19.6 Å². The predicted octanol–water partition coefficient (Wildman–Crippen LogP) is 2.15. The number of carbonyl (C=O) groups is 2. The molecule has 2 amide bonds. The number of aryl methyl sites for hydroxylation is 2. The molecular weight excluding hydrogens is 310 g/mol. The van der Waals surface area contributed by atoms with Crippen LogP contribution in [-0.2, 0) is 16.0 Å². The molecule has 2 heterocycles. The number of amides is 2. The van der Waals surface area contributed by atoms with Gasteiger partial charge in [0.15, 0.2) is 0 Å². The zero-order valence-electron chi connectivity index (χ0n) is 13.7. The molecule has 1 N–H and O–H groups in total. The van der Waals surface area contributed by atoms with E-state index in [4.69, 9.17) is 0 Å². The van der Waals surface area contributed by atoms with Crippen LogP contribution in [0.2, 0.25) is 0 Å². The van der Waals surface area contributed by atoms with E-state index in [0.29, 0.717) is 12.5 Å². The van der Waals surface area contributed by atoms with Crippen molar-refractivity contribution < 1.29 is 9.59 Å². The molecule has 1 aromatic rings. The summed E-state index contributed by atoms with van der Waals surface area (Å²) >= 11 is 1.69. The van der Waals surface area contributed by atoms with E-state index in [1.165, 1.54) is 0 Å². The molecule has 0 unspecified atom stereocenters. The fraction of sp³-hybridized carbons (Fsp3) is 0.706. The molecule has 5 nitrogen and oxygen atoms in total. The van der Waals surface area contributed by atoms with Gasteiger partial charge >= 0.3 is 0 Å². The van der Waals surface area contributed by atoms with E-state index in [1.54, 1.807) is 11.3 Å². The van der Waals surface area contributed by atoms with Gasteiger partial charge in [0.2, 0.25) is 11.8 Å². The zero-order valence-corrected chi connectivity index (χ0v) is 14.5. The first-order chi connectivity index (χ1) is 11.1. The predicted molar refractivity (Wildman–Crippen MR) is 90.2 cm³/mol. The average Bonchev–Trinajstić information content (AvgIpc) is 3.33. The Hall–Kier alpha value is -1.43. The van der Waals surface area contributed by atoms with Crippen molar-refractivity contribution in [2.24, 2.45) is 11.8 Å². The maximum absolute atomic E-state index is 12.2. The lowest BCUT2D eigenvalue weighted by Crippen LogP contribution is -2.43. The van der Waals surface area contributed by atoms with Crippen LogP contribution in [0, 0.1) is 18.8 Å². The Morgan fingerprint density at radius 3 is 2.61 bits per heavy atom. The molecule has 1 aliphatic heterocycles. The van der Waals surface area contributed by atoms with Crippen LogP contribution in [0.3, 0.4) is 0 Å². The van der Waals surface area contributed by atoms with Gasteiger partial charge in [0.05, 0.1) is 5.01 Å².